The van der Waals surface area contributed by atoms with Gasteiger partial charge in [-0.2, -0.15) is 0 Å². The molecule has 4 aliphatic rings. The van der Waals surface area contributed by atoms with Crippen LogP contribution in [0.3, 0.4) is 0 Å². The van der Waals surface area contributed by atoms with Crippen molar-refractivity contribution in [3.63, 3.8) is 0 Å². The number of methoxy groups -OCH3 is 2. The van der Waals surface area contributed by atoms with E-state index in [4.69, 9.17) is 9.47 Å². The van der Waals surface area contributed by atoms with E-state index in [-0.39, 0.29) is 10.4 Å². The number of hydrogen-bond donors (Lipinski definition) is 1. The van der Waals surface area contributed by atoms with E-state index in [0.29, 0.717) is 29.3 Å². The number of nitrogens with one attached hydrogen (secondary N) is 1. The zero-order chi connectivity index (χ0) is 16.9. The topological polar surface area (TPSA) is 64.6 Å². The molecule has 24 heavy (non-hydrogen) atoms. The average molecular weight is 351 g/mol. The van der Waals surface area contributed by atoms with Gasteiger partial charge in [0.25, 0.3) is 0 Å². The Morgan fingerprint density at radius 1 is 1.00 bits per heavy atom. The zero-order valence-electron chi connectivity index (χ0n) is 14.2. The SMILES string of the molecule is COc1ccc(OC)c(S(=O)(=O)NC23CC4CC(CC(C4)C2)C3)c1. The molecule has 0 radical (unpaired) electrons. The Balaban J connectivity index is 1.67. The number of ether oxygens (including phenoxy) is 2. The Bertz CT molecular complexity index is 708. The van der Waals surface area contributed by atoms with Gasteiger partial charge in [0.05, 0.1) is 14.2 Å². The molecule has 0 aromatic heterocycles. The standard InChI is InChI=1S/C18H25NO4S/c1-22-15-3-4-16(23-2)17(8-15)24(20,21)19-18-9-12-5-13(10-18)7-14(6-12)11-18/h3-4,8,12-14,19H,5-7,9-11H2,1-2H3. The third-order valence-electron chi connectivity index (χ3n) is 6.05. The zero-order valence-corrected chi connectivity index (χ0v) is 15.1. The van der Waals surface area contributed by atoms with Crippen molar-refractivity contribution in [3.05, 3.63) is 18.2 Å². The summed E-state index contributed by atoms with van der Waals surface area (Å²) < 4.78 is 39.8. The Kier molecular flexibility index (Phi) is 3.80. The second-order valence-electron chi connectivity index (χ2n) is 7.82. The van der Waals surface area contributed by atoms with Crippen molar-refractivity contribution in [2.45, 2.75) is 49.0 Å². The molecule has 6 heteroatoms. The largest absolute Gasteiger partial charge is 0.497 e. The lowest BCUT2D eigenvalue weighted by atomic mass is 9.53. The lowest BCUT2D eigenvalue weighted by Gasteiger charge is -2.56. The highest BCUT2D eigenvalue weighted by Gasteiger charge is 2.52. The number of hydrogen-bond acceptors (Lipinski definition) is 4. The summed E-state index contributed by atoms with van der Waals surface area (Å²) in [6.45, 7) is 0. The van der Waals surface area contributed by atoms with Crippen LogP contribution in [0.1, 0.15) is 38.5 Å². The molecular weight excluding hydrogens is 326 g/mol. The maximum Gasteiger partial charge on any atom is 0.244 e. The summed E-state index contributed by atoms with van der Waals surface area (Å²) in [6.07, 6.45) is 6.77. The number of sulfonamides is 1. The smallest absolute Gasteiger partial charge is 0.244 e. The van der Waals surface area contributed by atoms with Crippen LogP contribution in [0.4, 0.5) is 0 Å². The van der Waals surface area contributed by atoms with Gasteiger partial charge >= 0.3 is 0 Å². The highest BCUT2D eigenvalue weighted by atomic mass is 32.2. The van der Waals surface area contributed by atoms with Crippen LogP contribution in [-0.4, -0.2) is 28.2 Å². The Morgan fingerprint density at radius 2 is 1.58 bits per heavy atom. The summed E-state index contributed by atoms with van der Waals surface area (Å²) in [5.41, 5.74) is -0.262. The molecule has 0 amide bonds. The van der Waals surface area contributed by atoms with Crippen LogP contribution in [0.2, 0.25) is 0 Å². The van der Waals surface area contributed by atoms with Crippen LogP contribution < -0.4 is 14.2 Å². The monoisotopic (exact) mass is 351 g/mol. The normalized spacial score (nSPS) is 34.3. The van der Waals surface area contributed by atoms with E-state index in [1.54, 1.807) is 18.2 Å². The summed E-state index contributed by atoms with van der Waals surface area (Å²) in [7, 11) is -0.629. The minimum atomic E-state index is -3.65. The van der Waals surface area contributed by atoms with Gasteiger partial charge in [0.1, 0.15) is 16.4 Å². The third kappa shape index (κ3) is 2.69. The van der Waals surface area contributed by atoms with Gasteiger partial charge < -0.3 is 9.47 Å². The van der Waals surface area contributed by atoms with E-state index >= 15 is 0 Å². The van der Waals surface area contributed by atoms with E-state index in [1.807, 2.05) is 0 Å². The van der Waals surface area contributed by atoms with E-state index < -0.39 is 10.0 Å². The summed E-state index contributed by atoms with van der Waals surface area (Å²) in [5.74, 6) is 2.93. The Hall–Kier alpha value is -1.27. The van der Waals surface area contributed by atoms with Crippen LogP contribution in [-0.2, 0) is 10.0 Å². The van der Waals surface area contributed by atoms with Crippen molar-refractivity contribution in [1.82, 2.24) is 4.72 Å². The first-order chi connectivity index (χ1) is 11.4. The molecule has 0 unspecified atom stereocenters. The summed E-state index contributed by atoms with van der Waals surface area (Å²) in [4.78, 5) is 0.167. The highest BCUT2D eigenvalue weighted by molar-refractivity contribution is 7.89. The van der Waals surface area contributed by atoms with Gasteiger partial charge in [0, 0.05) is 11.6 Å². The second kappa shape index (κ2) is 5.63. The first kappa shape index (κ1) is 16.2. The molecule has 1 aromatic carbocycles. The lowest BCUT2D eigenvalue weighted by Crippen LogP contribution is -2.59. The van der Waals surface area contributed by atoms with Crippen molar-refractivity contribution in [2.24, 2.45) is 17.8 Å². The molecule has 5 nitrogen and oxygen atoms in total. The molecule has 0 atom stereocenters. The van der Waals surface area contributed by atoms with Gasteiger partial charge in [0.2, 0.25) is 10.0 Å². The van der Waals surface area contributed by atoms with Gasteiger partial charge in [-0.15, -0.1) is 0 Å². The molecule has 4 bridgehead atoms. The van der Waals surface area contributed by atoms with E-state index in [0.717, 1.165) is 19.3 Å². The lowest BCUT2D eigenvalue weighted by molar-refractivity contribution is -0.00811. The predicted molar refractivity (Wildman–Crippen MR) is 90.8 cm³/mol. The molecule has 4 fully saturated rings. The van der Waals surface area contributed by atoms with Gasteiger partial charge in [-0.05, 0) is 68.4 Å². The maximum absolute atomic E-state index is 13.1. The molecule has 0 saturated heterocycles. The number of rotatable bonds is 5. The summed E-state index contributed by atoms with van der Waals surface area (Å²) in [5, 5.41) is 0. The van der Waals surface area contributed by atoms with Crippen LogP contribution >= 0.6 is 0 Å². The molecule has 1 N–H and O–H groups in total. The summed E-state index contributed by atoms with van der Waals surface area (Å²) in [6, 6.07) is 4.90. The molecule has 0 spiro atoms. The predicted octanol–water partition coefficient (Wildman–Crippen LogP) is 2.95. The molecule has 5 rings (SSSR count). The molecule has 4 saturated carbocycles. The maximum atomic E-state index is 13.1. The van der Waals surface area contributed by atoms with Gasteiger partial charge in [-0.3, -0.25) is 0 Å². The van der Waals surface area contributed by atoms with Crippen LogP contribution in [0, 0.1) is 17.8 Å². The fourth-order valence-corrected chi connectivity index (χ4v) is 7.19. The molecule has 132 valence electrons. The van der Waals surface area contributed by atoms with Crippen LogP contribution in [0.15, 0.2) is 23.1 Å². The Labute approximate surface area is 143 Å². The number of benzene rings is 1. The molecule has 4 aliphatic carbocycles. The quantitative estimate of drug-likeness (QED) is 0.886. The average Bonchev–Trinajstić information content (AvgIpc) is 2.51. The van der Waals surface area contributed by atoms with Gasteiger partial charge in [-0.25, -0.2) is 13.1 Å². The van der Waals surface area contributed by atoms with Gasteiger partial charge in [-0.1, -0.05) is 0 Å². The van der Waals surface area contributed by atoms with Crippen molar-refractivity contribution in [1.29, 1.82) is 0 Å². The van der Waals surface area contributed by atoms with E-state index in [2.05, 4.69) is 4.72 Å². The fraction of sp³-hybridized carbons (Fsp3) is 0.667. The van der Waals surface area contributed by atoms with Crippen molar-refractivity contribution in [2.75, 3.05) is 14.2 Å². The van der Waals surface area contributed by atoms with E-state index in [9.17, 15) is 8.42 Å². The Morgan fingerprint density at radius 3 is 2.08 bits per heavy atom. The van der Waals surface area contributed by atoms with Crippen LogP contribution in [0.25, 0.3) is 0 Å². The molecule has 0 aliphatic heterocycles. The van der Waals surface area contributed by atoms with Crippen molar-refractivity contribution < 1.29 is 17.9 Å². The van der Waals surface area contributed by atoms with Crippen molar-refractivity contribution in [3.8, 4) is 11.5 Å². The van der Waals surface area contributed by atoms with Gasteiger partial charge in [0.15, 0.2) is 0 Å². The third-order valence-corrected chi connectivity index (χ3v) is 7.65. The second-order valence-corrected chi connectivity index (χ2v) is 9.47. The first-order valence-electron chi connectivity index (χ1n) is 8.69. The summed E-state index contributed by atoms with van der Waals surface area (Å²) >= 11 is 0. The minimum Gasteiger partial charge on any atom is -0.497 e. The van der Waals surface area contributed by atoms with Crippen molar-refractivity contribution >= 4 is 10.0 Å². The molecule has 1 aromatic rings. The molecular formula is C18H25NO4S. The molecule has 0 heterocycles. The first-order valence-corrected chi connectivity index (χ1v) is 10.2. The minimum absolute atomic E-state index is 0.167. The van der Waals surface area contributed by atoms with E-state index in [1.165, 1.54) is 33.5 Å². The fourth-order valence-electron chi connectivity index (χ4n) is 5.57. The highest BCUT2D eigenvalue weighted by Crippen LogP contribution is 2.56. The van der Waals surface area contributed by atoms with Crippen LogP contribution in [0.5, 0.6) is 11.5 Å².